The van der Waals surface area contributed by atoms with Crippen LogP contribution in [-0.4, -0.2) is 22.6 Å². The highest BCUT2D eigenvalue weighted by Crippen LogP contribution is 2.27. The van der Waals surface area contributed by atoms with Crippen LogP contribution in [-0.2, 0) is 22.3 Å². The van der Waals surface area contributed by atoms with Crippen LogP contribution in [0.4, 0.5) is 13.2 Å². The molecule has 0 saturated heterocycles. The molecule has 1 aromatic rings. The lowest BCUT2D eigenvalue weighted by Crippen LogP contribution is -2.07. The molecule has 1 rings (SSSR count). The van der Waals surface area contributed by atoms with Crippen LogP contribution in [0.15, 0.2) is 12.5 Å². The van der Waals surface area contributed by atoms with Gasteiger partial charge in [0.15, 0.2) is 5.69 Å². The quantitative estimate of drug-likeness (QED) is 0.727. The highest BCUT2D eigenvalue weighted by molar-refractivity contribution is 5.68. The Morgan fingerprint density at radius 2 is 2.27 bits per heavy atom. The molecule has 15 heavy (non-hydrogen) atoms. The molecule has 0 spiro atoms. The third kappa shape index (κ3) is 3.26. The highest BCUT2D eigenvalue weighted by atomic mass is 19.4. The van der Waals surface area contributed by atoms with E-state index in [-0.39, 0.29) is 13.0 Å². The van der Waals surface area contributed by atoms with Crippen molar-refractivity contribution in [3.8, 4) is 0 Å². The van der Waals surface area contributed by atoms with E-state index < -0.39 is 17.8 Å². The highest BCUT2D eigenvalue weighted by Gasteiger charge is 2.33. The van der Waals surface area contributed by atoms with Crippen LogP contribution in [0.25, 0.3) is 0 Å². The number of alkyl halides is 3. The van der Waals surface area contributed by atoms with Gasteiger partial charge in [-0.05, 0) is 0 Å². The standard InChI is InChI=1S/C8H9F3N2O2/c1-15-7(14)2-3-13-4-6(12-5-13)8(9,10)11/h4-5H,2-3H2,1H3. The lowest BCUT2D eigenvalue weighted by molar-refractivity contribution is -0.141. The Bertz CT molecular complexity index is 346. The fourth-order valence-corrected chi connectivity index (χ4v) is 0.951. The summed E-state index contributed by atoms with van der Waals surface area (Å²) in [5.74, 6) is -0.475. The van der Waals surface area contributed by atoms with Crippen LogP contribution in [0, 0.1) is 0 Å². The van der Waals surface area contributed by atoms with Crippen LogP contribution < -0.4 is 0 Å². The van der Waals surface area contributed by atoms with Crippen LogP contribution in [0.3, 0.4) is 0 Å². The van der Waals surface area contributed by atoms with Crippen molar-refractivity contribution in [2.45, 2.75) is 19.1 Å². The average molecular weight is 222 g/mol. The third-order valence-corrected chi connectivity index (χ3v) is 1.73. The zero-order valence-corrected chi connectivity index (χ0v) is 7.91. The number of aromatic nitrogens is 2. The molecule has 0 N–H and O–H groups in total. The van der Waals surface area contributed by atoms with Crippen molar-refractivity contribution < 1.29 is 22.7 Å². The summed E-state index contributed by atoms with van der Waals surface area (Å²) < 4.78 is 41.8. The second-order valence-corrected chi connectivity index (χ2v) is 2.82. The summed E-state index contributed by atoms with van der Waals surface area (Å²) in [6.07, 6.45) is -2.55. The van der Waals surface area contributed by atoms with Crippen molar-refractivity contribution in [1.29, 1.82) is 0 Å². The van der Waals surface area contributed by atoms with E-state index in [0.29, 0.717) is 0 Å². The summed E-state index contributed by atoms with van der Waals surface area (Å²) in [6.45, 7) is 0.121. The molecular weight excluding hydrogens is 213 g/mol. The number of esters is 1. The number of methoxy groups -OCH3 is 1. The molecule has 0 atom stereocenters. The first-order valence-corrected chi connectivity index (χ1v) is 4.09. The predicted octanol–water partition coefficient (Wildman–Crippen LogP) is 1.47. The molecular formula is C8H9F3N2O2. The van der Waals surface area contributed by atoms with Crippen molar-refractivity contribution in [3.63, 3.8) is 0 Å². The van der Waals surface area contributed by atoms with Gasteiger partial charge in [0, 0.05) is 12.7 Å². The molecule has 0 aliphatic carbocycles. The molecule has 1 aromatic heterocycles. The van der Waals surface area contributed by atoms with E-state index in [1.54, 1.807) is 0 Å². The van der Waals surface area contributed by atoms with Gasteiger partial charge in [0.05, 0.1) is 19.9 Å². The SMILES string of the molecule is COC(=O)CCn1cnc(C(F)(F)F)c1. The number of hydrogen-bond acceptors (Lipinski definition) is 3. The first-order valence-electron chi connectivity index (χ1n) is 4.09. The first-order chi connectivity index (χ1) is 6.93. The molecule has 4 nitrogen and oxygen atoms in total. The second kappa shape index (κ2) is 4.33. The summed E-state index contributed by atoms with van der Waals surface area (Å²) in [7, 11) is 1.22. The van der Waals surface area contributed by atoms with E-state index in [4.69, 9.17) is 0 Å². The minimum absolute atomic E-state index is 0.0180. The molecule has 0 aliphatic rings. The predicted molar refractivity (Wildman–Crippen MR) is 43.9 cm³/mol. The summed E-state index contributed by atoms with van der Waals surface area (Å²) in [5.41, 5.74) is -0.965. The fraction of sp³-hybridized carbons (Fsp3) is 0.500. The van der Waals surface area contributed by atoms with Gasteiger partial charge in [-0.2, -0.15) is 13.2 Å². The van der Waals surface area contributed by atoms with Crippen LogP contribution >= 0.6 is 0 Å². The van der Waals surface area contributed by atoms with Crippen molar-refractivity contribution in [3.05, 3.63) is 18.2 Å². The molecule has 0 radical (unpaired) electrons. The number of imidazole rings is 1. The molecule has 0 bridgehead atoms. The Hall–Kier alpha value is -1.53. The lowest BCUT2D eigenvalue weighted by Gasteiger charge is -2.01. The minimum atomic E-state index is -4.45. The van der Waals surface area contributed by atoms with Crippen molar-refractivity contribution in [2.24, 2.45) is 0 Å². The van der Waals surface area contributed by atoms with Gasteiger partial charge in [0.2, 0.25) is 0 Å². The molecule has 0 unspecified atom stereocenters. The van der Waals surface area contributed by atoms with Gasteiger partial charge in [-0.15, -0.1) is 0 Å². The van der Waals surface area contributed by atoms with Crippen molar-refractivity contribution in [2.75, 3.05) is 7.11 Å². The number of carbonyl (C=O) groups is 1. The fourth-order valence-electron chi connectivity index (χ4n) is 0.951. The average Bonchev–Trinajstić information content (AvgIpc) is 2.61. The van der Waals surface area contributed by atoms with E-state index in [1.807, 2.05) is 0 Å². The van der Waals surface area contributed by atoms with E-state index in [9.17, 15) is 18.0 Å². The number of aryl methyl sites for hydroxylation is 1. The van der Waals surface area contributed by atoms with Crippen LogP contribution in [0.5, 0.6) is 0 Å². The maximum absolute atomic E-state index is 12.1. The lowest BCUT2D eigenvalue weighted by atomic mass is 10.4. The van der Waals surface area contributed by atoms with Crippen LogP contribution in [0.2, 0.25) is 0 Å². The molecule has 1 heterocycles. The molecule has 0 amide bonds. The molecule has 0 aromatic carbocycles. The number of halogens is 3. The van der Waals surface area contributed by atoms with Gasteiger partial charge in [-0.1, -0.05) is 0 Å². The minimum Gasteiger partial charge on any atom is -0.469 e. The van der Waals surface area contributed by atoms with Gasteiger partial charge in [-0.25, -0.2) is 4.98 Å². The number of rotatable bonds is 3. The molecule has 0 fully saturated rings. The Balaban J connectivity index is 2.58. The van der Waals surface area contributed by atoms with Crippen molar-refractivity contribution >= 4 is 5.97 Å². The Labute approximate surface area is 83.7 Å². The van der Waals surface area contributed by atoms with E-state index in [1.165, 1.54) is 11.7 Å². The maximum Gasteiger partial charge on any atom is 0.434 e. The Kier molecular flexibility index (Phi) is 3.33. The molecule has 0 saturated carbocycles. The van der Waals surface area contributed by atoms with Gasteiger partial charge >= 0.3 is 12.1 Å². The largest absolute Gasteiger partial charge is 0.469 e. The number of nitrogens with zero attached hydrogens (tertiary/aromatic N) is 2. The Morgan fingerprint density at radius 1 is 1.60 bits per heavy atom. The van der Waals surface area contributed by atoms with E-state index in [0.717, 1.165) is 12.5 Å². The Morgan fingerprint density at radius 3 is 2.73 bits per heavy atom. The smallest absolute Gasteiger partial charge is 0.434 e. The van der Waals surface area contributed by atoms with Gasteiger partial charge in [-0.3, -0.25) is 4.79 Å². The zero-order valence-electron chi connectivity index (χ0n) is 7.91. The van der Waals surface area contributed by atoms with Crippen LogP contribution in [0.1, 0.15) is 12.1 Å². The topological polar surface area (TPSA) is 44.1 Å². The molecule has 0 aliphatic heterocycles. The monoisotopic (exact) mass is 222 g/mol. The molecule has 84 valence electrons. The van der Waals surface area contributed by atoms with Crippen molar-refractivity contribution in [1.82, 2.24) is 9.55 Å². The van der Waals surface area contributed by atoms with E-state index in [2.05, 4.69) is 9.72 Å². The number of carbonyl (C=O) groups excluding carboxylic acids is 1. The first kappa shape index (κ1) is 11.5. The maximum atomic E-state index is 12.1. The molecule has 7 heteroatoms. The summed E-state index contributed by atoms with van der Waals surface area (Å²) in [4.78, 5) is 13.9. The summed E-state index contributed by atoms with van der Waals surface area (Å²) in [5, 5.41) is 0. The number of hydrogen-bond donors (Lipinski definition) is 0. The normalized spacial score (nSPS) is 11.5. The summed E-state index contributed by atoms with van der Waals surface area (Å²) >= 11 is 0. The van der Waals surface area contributed by atoms with E-state index >= 15 is 0 Å². The third-order valence-electron chi connectivity index (χ3n) is 1.73. The zero-order chi connectivity index (χ0) is 11.5. The van der Waals surface area contributed by atoms with Gasteiger partial charge in [0.1, 0.15) is 0 Å². The van der Waals surface area contributed by atoms with Gasteiger partial charge < -0.3 is 9.30 Å². The second-order valence-electron chi connectivity index (χ2n) is 2.82. The van der Waals surface area contributed by atoms with Gasteiger partial charge in [0.25, 0.3) is 0 Å². The summed E-state index contributed by atoms with van der Waals surface area (Å²) in [6, 6.07) is 0. The number of ether oxygens (including phenoxy) is 1.